The van der Waals surface area contributed by atoms with Gasteiger partial charge in [-0.3, -0.25) is 9.59 Å². The maximum atomic E-state index is 12.3. The highest BCUT2D eigenvalue weighted by Gasteiger charge is 2.16. The Kier molecular flexibility index (Phi) is 60.8. The van der Waals surface area contributed by atoms with Gasteiger partial charge in [0.25, 0.3) is 0 Å². The molecule has 420 valence electrons. The van der Waals surface area contributed by atoms with Crippen LogP contribution in [0.15, 0.2) is 60.8 Å². The average molecular weight is 1010 g/mol. The molecule has 1 N–H and O–H groups in total. The second-order valence-corrected chi connectivity index (χ2v) is 21.5. The van der Waals surface area contributed by atoms with Gasteiger partial charge in [0.1, 0.15) is 6.61 Å². The second-order valence-electron chi connectivity index (χ2n) is 21.5. The van der Waals surface area contributed by atoms with Crippen LogP contribution in [0.2, 0.25) is 0 Å². The van der Waals surface area contributed by atoms with E-state index in [-0.39, 0.29) is 25.2 Å². The first kappa shape index (κ1) is 69.6. The summed E-state index contributed by atoms with van der Waals surface area (Å²) in [7, 11) is 0. The fraction of sp³-hybridized carbons (Fsp3) is 0.821. The minimum atomic E-state index is -0.772. The third kappa shape index (κ3) is 60.2. The molecule has 0 saturated carbocycles. The van der Waals surface area contributed by atoms with Crippen molar-refractivity contribution in [2.24, 2.45) is 0 Å². The monoisotopic (exact) mass is 1010 g/mol. The molecule has 0 aromatic carbocycles. The molecule has 0 aromatic rings. The first-order valence-electron chi connectivity index (χ1n) is 31.8. The number of rotatable bonds is 59. The molecule has 5 nitrogen and oxygen atoms in total. The van der Waals surface area contributed by atoms with E-state index in [1.54, 1.807) is 0 Å². The Balaban J connectivity index is 3.41. The summed E-state index contributed by atoms with van der Waals surface area (Å²) in [5.74, 6) is -0.574. The molecule has 72 heavy (non-hydrogen) atoms. The SMILES string of the molecule is CC/C=C\C/C=C\C/C=C\C/C=C\CCCCCCCCCCCCCCCCCCCCCCCCC(=O)OC(CO)COC(=O)CCCCCCCCCCCCC/C=C\CCCCCCCCCC. The van der Waals surface area contributed by atoms with Crippen molar-refractivity contribution in [2.75, 3.05) is 13.2 Å². The van der Waals surface area contributed by atoms with E-state index in [0.29, 0.717) is 12.8 Å². The molecule has 0 aliphatic carbocycles. The Morgan fingerprint density at radius 3 is 0.917 bits per heavy atom. The van der Waals surface area contributed by atoms with Crippen molar-refractivity contribution in [1.29, 1.82) is 0 Å². The normalized spacial score (nSPS) is 12.5. The first-order valence-corrected chi connectivity index (χ1v) is 31.8. The molecule has 1 atom stereocenters. The fourth-order valence-electron chi connectivity index (χ4n) is 9.55. The number of unbranched alkanes of at least 4 members (excludes halogenated alkanes) is 41. The van der Waals surface area contributed by atoms with Crippen LogP contribution in [0.4, 0.5) is 0 Å². The van der Waals surface area contributed by atoms with Gasteiger partial charge in [-0.25, -0.2) is 0 Å². The van der Waals surface area contributed by atoms with Gasteiger partial charge in [-0.15, -0.1) is 0 Å². The summed E-state index contributed by atoms with van der Waals surface area (Å²) >= 11 is 0. The maximum Gasteiger partial charge on any atom is 0.306 e. The van der Waals surface area contributed by atoms with Gasteiger partial charge < -0.3 is 14.6 Å². The highest BCUT2D eigenvalue weighted by atomic mass is 16.6. The van der Waals surface area contributed by atoms with Gasteiger partial charge in [-0.2, -0.15) is 0 Å². The molecular weight excluding hydrogens is 885 g/mol. The molecule has 0 aliphatic rings. The zero-order valence-electron chi connectivity index (χ0n) is 48.2. The number of allylic oxidation sites excluding steroid dienone is 10. The number of carbonyl (C=O) groups excluding carboxylic acids is 2. The quantitative estimate of drug-likeness (QED) is 0.0373. The predicted octanol–water partition coefficient (Wildman–Crippen LogP) is 21.8. The van der Waals surface area contributed by atoms with Crippen LogP contribution >= 0.6 is 0 Å². The van der Waals surface area contributed by atoms with Crippen LogP contribution < -0.4 is 0 Å². The van der Waals surface area contributed by atoms with Gasteiger partial charge in [-0.1, -0.05) is 306 Å². The largest absolute Gasteiger partial charge is 0.462 e. The Labute approximate surface area is 449 Å². The summed E-state index contributed by atoms with van der Waals surface area (Å²) in [6.45, 7) is 4.07. The lowest BCUT2D eigenvalue weighted by Gasteiger charge is -2.15. The molecule has 1 unspecified atom stereocenters. The molecule has 0 radical (unpaired) electrons. The number of carbonyl (C=O) groups is 2. The van der Waals surface area contributed by atoms with E-state index < -0.39 is 6.10 Å². The molecule has 0 fully saturated rings. The number of hydrogen-bond donors (Lipinski definition) is 1. The number of aliphatic hydroxyl groups excluding tert-OH is 1. The van der Waals surface area contributed by atoms with Crippen LogP contribution in [0.25, 0.3) is 0 Å². The molecule has 0 rings (SSSR count). The predicted molar refractivity (Wildman–Crippen MR) is 316 cm³/mol. The van der Waals surface area contributed by atoms with Crippen LogP contribution in [-0.4, -0.2) is 36.4 Å². The van der Waals surface area contributed by atoms with Crippen LogP contribution in [0.5, 0.6) is 0 Å². The van der Waals surface area contributed by atoms with E-state index in [0.717, 1.165) is 64.2 Å². The summed E-state index contributed by atoms with van der Waals surface area (Å²) in [5, 5.41) is 9.68. The van der Waals surface area contributed by atoms with Crippen molar-refractivity contribution in [1.82, 2.24) is 0 Å². The van der Waals surface area contributed by atoms with Crippen molar-refractivity contribution < 1.29 is 24.2 Å². The van der Waals surface area contributed by atoms with Crippen molar-refractivity contribution in [3.05, 3.63) is 60.8 Å². The van der Waals surface area contributed by atoms with E-state index >= 15 is 0 Å². The van der Waals surface area contributed by atoms with Gasteiger partial charge in [-0.05, 0) is 77.0 Å². The van der Waals surface area contributed by atoms with E-state index in [4.69, 9.17) is 9.47 Å². The molecule has 0 heterocycles. The molecule has 0 aromatic heterocycles. The second kappa shape index (κ2) is 62.9. The summed E-state index contributed by atoms with van der Waals surface area (Å²) in [4.78, 5) is 24.6. The van der Waals surface area contributed by atoms with Crippen molar-refractivity contribution in [3.63, 3.8) is 0 Å². The Morgan fingerprint density at radius 2 is 0.597 bits per heavy atom. The van der Waals surface area contributed by atoms with Crippen molar-refractivity contribution in [2.45, 2.75) is 341 Å². The van der Waals surface area contributed by atoms with Crippen molar-refractivity contribution >= 4 is 11.9 Å². The van der Waals surface area contributed by atoms with Gasteiger partial charge in [0, 0.05) is 12.8 Å². The molecule has 0 spiro atoms. The molecule has 5 heteroatoms. The number of ether oxygens (including phenoxy) is 2. The van der Waals surface area contributed by atoms with Gasteiger partial charge >= 0.3 is 11.9 Å². The number of esters is 2. The van der Waals surface area contributed by atoms with Crippen LogP contribution in [0.3, 0.4) is 0 Å². The van der Waals surface area contributed by atoms with E-state index in [1.165, 1.54) is 244 Å². The van der Waals surface area contributed by atoms with Crippen LogP contribution in [0.1, 0.15) is 335 Å². The zero-order valence-corrected chi connectivity index (χ0v) is 48.2. The first-order chi connectivity index (χ1) is 35.6. The Bertz CT molecular complexity index is 1230. The summed E-state index contributed by atoms with van der Waals surface area (Å²) in [6, 6.07) is 0. The molecule has 0 aliphatic heterocycles. The number of aliphatic hydroxyl groups is 1. The van der Waals surface area contributed by atoms with Crippen LogP contribution in [0, 0.1) is 0 Å². The lowest BCUT2D eigenvalue weighted by Crippen LogP contribution is -2.28. The zero-order chi connectivity index (χ0) is 52.0. The van der Waals surface area contributed by atoms with Crippen molar-refractivity contribution in [3.8, 4) is 0 Å². The maximum absolute atomic E-state index is 12.3. The van der Waals surface area contributed by atoms with E-state index in [1.807, 2.05) is 0 Å². The molecular formula is C67H122O5. The lowest BCUT2D eigenvalue weighted by atomic mass is 10.0. The molecule has 0 saturated heterocycles. The third-order valence-corrected chi connectivity index (χ3v) is 14.3. The standard InChI is InChI=1S/C67H122O5/c1-3-5-7-9-11-13-15-17-19-21-23-25-27-28-29-30-31-32-33-34-35-36-37-38-40-42-44-46-48-50-52-54-56-58-60-62-67(70)72-65(63-68)64-71-66(69)61-59-57-55-53-51-49-47-45-43-41-39-26-24-22-20-18-16-14-12-10-8-6-4-2/h5,7,11,13,17,19,22-25,65,68H,3-4,6,8-10,12,14-16,18,20-21,26-64H2,1-2H3/b7-5-,13-11-,19-17-,24-22-,25-23-. The minimum absolute atomic E-state index is 0.0623. The lowest BCUT2D eigenvalue weighted by molar-refractivity contribution is -0.161. The van der Waals surface area contributed by atoms with Gasteiger partial charge in [0.05, 0.1) is 6.61 Å². The Hall–Kier alpha value is -2.40. The van der Waals surface area contributed by atoms with Crippen LogP contribution in [-0.2, 0) is 19.1 Å². The highest BCUT2D eigenvalue weighted by molar-refractivity contribution is 5.70. The number of hydrogen-bond acceptors (Lipinski definition) is 5. The summed E-state index contributed by atoms with van der Waals surface area (Å²) in [5.41, 5.74) is 0. The molecule has 0 amide bonds. The topological polar surface area (TPSA) is 72.8 Å². The Morgan fingerprint density at radius 1 is 0.333 bits per heavy atom. The summed E-state index contributed by atoms with van der Waals surface area (Å²) < 4.78 is 10.7. The van der Waals surface area contributed by atoms with Gasteiger partial charge in [0.15, 0.2) is 6.10 Å². The smallest absolute Gasteiger partial charge is 0.306 e. The van der Waals surface area contributed by atoms with Gasteiger partial charge in [0.2, 0.25) is 0 Å². The van der Waals surface area contributed by atoms with E-state index in [2.05, 4.69) is 74.6 Å². The summed E-state index contributed by atoms with van der Waals surface area (Å²) in [6.07, 6.45) is 85.2. The van der Waals surface area contributed by atoms with E-state index in [9.17, 15) is 14.7 Å². The minimum Gasteiger partial charge on any atom is -0.462 e. The fourth-order valence-corrected chi connectivity index (χ4v) is 9.55. The highest BCUT2D eigenvalue weighted by Crippen LogP contribution is 2.18. The molecule has 0 bridgehead atoms. The average Bonchev–Trinajstić information content (AvgIpc) is 3.38. The third-order valence-electron chi connectivity index (χ3n) is 14.3.